The molecule has 0 aliphatic heterocycles. The number of thiazole rings is 1. The Morgan fingerprint density at radius 1 is 1.40 bits per heavy atom. The second-order valence-corrected chi connectivity index (χ2v) is 6.72. The van der Waals surface area contributed by atoms with Gasteiger partial charge in [-0.2, -0.15) is 0 Å². The molecule has 8 heteroatoms. The van der Waals surface area contributed by atoms with E-state index >= 15 is 0 Å². The minimum absolute atomic E-state index is 0.174. The summed E-state index contributed by atoms with van der Waals surface area (Å²) in [6.07, 6.45) is 1.47. The zero-order valence-electron chi connectivity index (χ0n) is 10.3. The van der Waals surface area contributed by atoms with Gasteiger partial charge >= 0.3 is 0 Å². The van der Waals surface area contributed by atoms with Gasteiger partial charge in [-0.3, -0.25) is 0 Å². The number of hydrogen-bond donors (Lipinski definition) is 3. The molecule has 3 rings (SSSR count). The van der Waals surface area contributed by atoms with Crippen molar-refractivity contribution >= 4 is 38.0 Å². The summed E-state index contributed by atoms with van der Waals surface area (Å²) >= 11 is 1.43. The molecule has 20 heavy (non-hydrogen) atoms. The third-order valence-corrected chi connectivity index (χ3v) is 4.96. The molecule has 0 atom stereocenters. The Labute approximate surface area is 119 Å². The van der Waals surface area contributed by atoms with Gasteiger partial charge in [0.1, 0.15) is 4.90 Å². The van der Waals surface area contributed by atoms with E-state index in [1.165, 1.54) is 17.5 Å². The monoisotopic (exact) mass is 308 g/mol. The number of benzene rings is 1. The van der Waals surface area contributed by atoms with E-state index in [9.17, 15) is 8.42 Å². The van der Waals surface area contributed by atoms with Gasteiger partial charge in [0.05, 0.1) is 17.7 Å². The third-order valence-electron chi connectivity index (χ3n) is 2.88. The van der Waals surface area contributed by atoms with Crippen molar-refractivity contribution in [2.45, 2.75) is 11.4 Å². The van der Waals surface area contributed by atoms with Crippen LogP contribution in [-0.2, 0) is 16.6 Å². The van der Waals surface area contributed by atoms with Gasteiger partial charge in [-0.25, -0.2) is 18.1 Å². The van der Waals surface area contributed by atoms with E-state index in [0.717, 1.165) is 0 Å². The first-order valence-corrected chi connectivity index (χ1v) is 8.22. The molecule has 0 bridgehead atoms. The maximum Gasteiger partial charge on any atom is 0.243 e. The fourth-order valence-corrected chi connectivity index (χ4v) is 3.64. The summed E-state index contributed by atoms with van der Waals surface area (Å²) in [6, 6.07) is 5.07. The highest BCUT2D eigenvalue weighted by Gasteiger charge is 2.18. The summed E-state index contributed by atoms with van der Waals surface area (Å²) in [5, 5.41) is 2.42. The van der Waals surface area contributed by atoms with Crippen molar-refractivity contribution in [2.75, 3.05) is 5.73 Å². The predicted octanol–water partition coefficient (Wildman–Crippen LogP) is 1.69. The van der Waals surface area contributed by atoms with Crippen molar-refractivity contribution < 1.29 is 8.42 Å². The number of sulfonamides is 1. The molecule has 2 aromatic heterocycles. The molecule has 0 fully saturated rings. The number of nitrogen functional groups attached to an aromatic ring is 1. The first-order valence-electron chi connectivity index (χ1n) is 5.79. The van der Waals surface area contributed by atoms with Crippen molar-refractivity contribution in [2.24, 2.45) is 0 Å². The first kappa shape index (κ1) is 13.1. The van der Waals surface area contributed by atoms with E-state index in [2.05, 4.69) is 14.7 Å². The zero-order chi connectivity index (χ0) is 14.2. The number of rotatable bonds is 4. The molecule has 4 N–H and O–H groups in total. The molecular formula is C12H12N4O2S2. The SMILES string of the molecule is Nc1ccc2c(S(=O)(=O)NCc3cscn3)c[nH]c2c1. The van der Waals surface area contributed by atoms with Crippen molar-refractivity contribution in [3.63, 3.8) is 0 Å². The Bertz CT molecular complexity index is 838. The van der Waals surface area contributed by atoms with Crippen molar-refractivity contribution in [1.29, 1.82) is 0 Å². The molecule has 0 aliphatic rings. The van der Waals surface area contributed by atoms with Crippen LogP contribution in [0.4, 0.5) is 5.69 Å². The number of aromatic nitrogens is 2. The number of anilines is 1. The van der Waals surface area contributed by atoms with Crippen LogP contribution in [-0.4, -0.2) is 18.4 Å². The molecule has 0 amide bonds. The Kier molecular flexibility index (Phi) is 3.20. The van der Waals surface area contributed by atoms with Crippen molar-refractivity contribution in [3.8, 4) is 0 Å². The Morgan fingerprint density at radius 2 is 2.25 bits per heavy atom. The molecular weight excluding hydrogens is 296 g/mol. The van der Waals surface area contributed by atoms with Gasteiger partial charge < -0.3 is 10.7 Å². The number of nitrogens with one attached hydrogen (secondary N) is 2. The zero-order valence-corrected chi connectivity index (χ0v) is 12.0. The first-order chi connectivity index (χ1) is 9.56. The molecule has 6 nitrogen and oxygen atoms in total. The topological polar surface area (TPSA) is 101 Å². The summed E-state index contributed by atoms with van der Waals surface area (Å²) < 4.78 is 27.1. The fraction of sp³-hybridized carbons (Fsp3) is 0.0833. The number of nitrogens with zero attached hydrogens (tertiary/aromatic N) is 1. The molecule has 104 valence electrons. The number of nitrogens with two attached hydrogens (primary N) is 1. The Morgan fingerprint density at radius 3 is 3.00 bits per heavy atom. The summed E-state index contributed by atoms with van der Waals surface area (Å²) in [5.74, 6) is 0. The molecule has 0 unspecified atom stereocenters. The van der Waals surface area contributed by atoms with Crippen LogP contribution < -0.4 is 10.5 Å². The minimum atomic E-state index is -3.59. The summed E-state index contributed by atoms with van der Waals surface area (Å²) in [6.45, 7) is 0.174. The summed E-state index contributed by atoms with van der Waals surface area (Å²) in [5.41, 5.74) is 9.31. The lowest BCUT2D eigenvalue weighted by atomic mass is 10.2. The maximum absolute atomic E-state index is 12.3. The highest BCUT2D eigenvalue weighted by molar-refractivity contribution is 7.89. The maximum atomic E-state index is 12.3. The minimum Gasteiger partial charge on any atom is -0.399 e. The second-order valence-electron chi connectivity index (χ2n) is 4.26. The Balaban J connectivity index is 1.93. The summed E-state index contributed by atoms with van der Waals surface area (Å²) in [4.78, 5) is 7.17. The highest BCUT2D eigenvalue weighted by atomic mass is 32.2. The van der Waals surface area contributed by atoms with E-state index in [4.69, 9.17) is 5.73 Å². The smallest absolute Gasteiger partial charge is 0.243 e. The molecule has 0 aliphatic carbocycles. The molecule has 3 aromatic rings. The molecule has 0 spiro atoms. The lowest BCUT2D eigenvalue weighted by Crippen LogP contribution is -2.23. The van der Waals surface area contributed by atoms with Gasteiger partial charge in [0, 0.05) is 28.2 Å². The lowest BCUT2D eigenvalue weighted by Gasteiger charge is -2.04. The van der Waals surface area contributed by atoms with Crippen LogP contribution in [0.5, 0.6) is 0 Å². The van der Waals surface area contributed by atoms with E-state index in [0.29, 0.717) is 22.3 Å². The largest absolute Gasteiger partial charge is 0.399 e. The van der Waals surface area contributed by atoms with Gasteiger partial charge in [0.25, 0.3) is 0 Å². The average Bonchev–Trinajstić information content (AvgIpc) is 3.05. The quantitative estimate of drug-likeness (QED) is 0.638. The second kappa shape index (κ2) is 4.89. The Hall–Kier alpha value is -1.90. The lowest BCUT2D eigenvalue weighted by molar-refractivity contribution is 0.581. The van der Waals surface area contributed by atoms with Crippen LogP contribution in [0.2, 0.25) is 0 Å². The number of H-pyrrole nitrogens is 1. The molecule has 0 saturated carbocycles. The number of aromatic amines is 1. The molecule has 0 radical (unpaired) electrons. The van der Waals surface area contributed by atoms with Gasteiger partial charge in [-0.1, -0.05) is 0 Å². The highest BCUT2D eigenvalue weighted by Crippen LogP contribution is 2.24. The van der Waals surface area contributed by atoms with Crippen LogP contribution in [0.1, 0.15) is 5.69 Å². The molecule has 2 heterocycles. The van der Waals surface area contributed by atoms with E-state index in [1.807, 2.05) is 0 Å². The van der Waals surface area contributed by atoms with Gasteiger partial charge in [-0.05, 0) is 18.2 Å². The van der Waals surface area contributed by atoms with Crippen LogP contribution in [0.15, 0.2) is 40.2 Å². The predicted molar refractivity (Wildman–Crippen MR) is 78.9 cm³/mol. The van der Waals surface area contributed by atoms with Gasteiger partial charge in [0.2, 0.25) is 10.0 Å². The van der Waals surface area contributed by atoms with Crippen LogP contribution in [0, 0.1) is 0 Å². The molecule has 0 saturated heterocycles. The standard InChI is InChI=1S/C12H12N4O2S2/c13-8-1-2-10-11(3-8)14-5-12(10)20(17,18)16-4-9-6-19-7-15-9/h1-3,5-7,14,16H,4,13H2. The fourth-order valence-electron chi connectivity index (χ4n) is 1.91. The van der Waals surface area contributed by atoms with Gasteiger partial charge in [0.15, 0.2) is 0 Å². The van der Waals surface area contributed by atoms with Crippen LogP contribution in [0.3, 0.4) is 0 Å². The van der Waals surface area contributed by atoms with E-state index in [-0.39, 0.29) is 11.4 Å². The van der Waals surface area contributed by atoms with Crippen molar-refractivity contribution in [3.05, 3.63) is 41.0 Å². The third kappa shape index (κ3) is 2.40. The summed E-state index contributed by atoms with van der Waals surface area (Å²) in [7, 11) is -3.59. The normalized spacial score (nSPS) is 12.0. The van der Waals surface area contributed by atoms with E-state index in [1.54, 1.807) is 29.1 Å². The number of hydrogen-bond acceptors (Lipinski definition) is 5. The van der Waals surface area contributed by atoms with Crippen LogP contribution in [0.25, 0.3) is 10.9 Å². The van der Waals surface area contributed by atoms with Gasteiger partial charge in [-0.15, -0.1) is 11.3 Å². The number of fused-ring (bicyclic) bond motifs is 1. The van der Waals surface area contributed by atoms with Crippen molar-refractivity contribution in [1.82, 2.24) is 14.7 Å². The van der Waals surface area contributed by atoms with E-state index < -0.39 is 10.0 Å². The average molecular weight is 308 g/mol. The molecule has 1 aromatic carbocycles. The van der Waals surface area contributed by atoms with Crippen LogP contribution >= 0.6 is 11.3 Å².